The van der Waals surface area contributed by atoms with Crippen LogP contribution in [0.15, 0.2) is 48.5 Å². The number of benzene rings is 2. The van der Waals surface area contributed by atoms with Gasteiger partial charge in [0.15, 0.2) is 12.4 Å². The van der Waals surface area contributed by atoms with E-state index in [9.17, 15) is 14.9 Å². The summed E-state index contributed by atoms with van der Waals surface area (Å²) in [5, 5.41) is 10.5. The van der Waals surface area contributed by atoms with Crippen molar-refractivity contribution in [1.29, 1.82) is 0 Å². The molecule has 0 radical (unpaired) electrons. The fourth-order valence-corrected chi connectivity index (χ4v) is 1.82. The predicted molar refractivity (Wildman–Crippen MR) is 78.7 cm³/mol. The largest absolute Gasteiger partial charge is 0.485 e. The van der Waals surface area contributed by atoms with Gasteiger partial charge in [-0.15, -0.1) is 0 Å². The molecule has 0 heterocycles. The minimum atomic E-state index is -0.482. The average Bonchev–Trinajstić information content (AvgIpc) is 2.53. The van der Waals surface area contributed by atoms with Crippen molar-refractivity contribution in [3.63, 3.8) is 0 Å². The van der Waals surface area contributed by atoms with E-state index in [0.717, 1.165) is 6.42 Å². The molecule has 2 aromatic rings. The number of carbonyl (C=O) groups is 1. The third kappa shape index (κ3) is 3.89. The monoisotopic (exact) mass is 285 g/mol. The number of ketones is 1. The molecule has 0 atom stereocenters. The van der Waals surface area contributed by atoms with E-state index in [1.165, 1.54) is 29.8 Å². The standard InChI is InChI=1S/C16H15NO4/c1-2-12-3-5-13(6-4-12)16(18)11-21-15-9-7-14(8-10-15)17(19)20/h3-10H,2,11H2,1H3. The Balaban J connectivity index is 1.95. The Morgan fingerprint density at radius 3 is 2.24 bits per heavy atom. The summed E-state index contributed by atoms with van der Waals surface area (Å²) in [6, 6.07) is 13.0. The van der Waals surface area contributed by atoms with Gasteiger partial charge in [0.05, 0.1) is 4.92 Å². The molecular formula is C16H15NO4. The first-order valence-electron chi connectivity index (χ1n) is 6.59. The summed E-state index contributed by atoms with van der Waals surface area (Å²) in [5.74, 6) is 0.301. The van der Waals surface area contributed by atoms with Crippen LogP contribution in [-0.2, 0) is 6.42 Å². The molecule has 0 aliphatic heterocycles. The lowest BCUT2D eigenvalue weighted by Crippen LogP contribution is -2.11. The molecule has 0 aromatic heterocycles. The highest BCUT2D eigenvalue weighted by atomic mass is 16.6. The molecular weight excluding hydrogens is 270 g/mol. The summed E-state index contributed by atoms with van der Waals surface area (Å²) in [5.41, 5.74) is 1.75. The SMILES string of the molecule is CCc1ccc(C(=O)COc2ccc([N+](=O)[O-])cc2)cc1. The quantitative estimate of drug-likeness (QED) is 0.463. The van der Waals surface area contributed by atoms with E-state index in [2.05, 4.69) is 6.92 Å². The molecule has 0 bridgehead atoms. The summed E-state index contributed by atoms with van der Waals surface area (Å²) in [4.78, 5) is 22.0. The molecule has 0 aliphatic carbocycles. The minimum absolute atomic E-state index is 0.0103. The number of carbonyl (C=O) groups excluding carboxylic acids is 1. The van der Waals surface area contributed by atoms with E-state index in [1.54, 1.807) is 12.1 Å². The van der Waals surface area contributed by atoms with Gasteiger partial charge < -0.3 is 4.74 Å². The summed E-state index contributed by atoms with van der Waals surface area (Å²) >= 11 is 0. The van der Waals surface area contributed by atoms with Gasteiger partial charge in [0.25, 0.3) is 5.69 Å². The zero-order chi connectivity index (χ0) is 15.2. The van der Waals surface area contributed by atoms with E-state index in [4.69, 9.17) is 4.74 Å². The first-order valence-corrected chi connectivity index (χ1v) is 6.59. The van der Waals surface area contributed by atoms with Crippen LogP contribution in [-0.4, -0.2) is 17.3 Å². The number of ether oxygens (including phenoxy) is 1. The minimum Gasteiger partial charge on any atom is -0.485 e. The number of hydrogen-bond donors (Lipinski definition) is 0. The van der Waals surface area contributed by atoms with Crippen LogP contribution >= 0.6 is 0 Å². The highest BCUT2D eigenvalue weighted by molar-refractivity contribution is 5.97. The first kappa shape index (κ1) is 14.7. The number of hydrogen-bond acceptors (Lipinski definition) is 4. The smallest absolute Gasteiger partial charge is 0.269 e. The topological polar surface area (TPSA) is 69.4 Å². The summed E-state index contributed by atoms with van der Waals surface area (Å²) in [7, 11) is 0. The predicted octanol–water partition coefficient (Wildman–Crippen LogP) is 3.42. The normalized spacial score (nSPS) is 10.1. The van der Waals surface area contributed by atoms with Crippen LogP contribution in [0.4, 0.5) is 5.69 Å². The van der Waals surface area contributed by atoms with Gasteiger partial charge in [-0.05, 0) is 24.1 Å². The summed E-state index contributed by atoms with van der Waals surface area (Å²) < 4.78 is 5.34. The van der Waals surface area contributed by atoms with Gasteiger partial charge >= 0.3 is 0 Å². The highest BCUT2D eigenvalue weighted by Crippen LogP contribution is 2.17. The van der Waals surface area contributed by atoms with Gasteiger partial charge in [-0.3, -0.25) is 14.9 Å². The lowest BCUT2D eigenvalue weighted by molar-refractivity contribution is -0.384. The third-order valence-electron chi connectivity index (χ3n) is 3.10. The van der Waals surface area contributed by atoms with Crippen molar-refractivity contribution in [3.05, 3.63) is 69.8 Å². The second-order valence-electron chi connectivity index (χ2n) is 4.51. The zero-order valence-electron chi connectivity index (χ0n) is 11.6. The van der Waals surface area contributed by atoms with Crippen molar-refractivity contribution >= 4 is 11.5 Å². The van der Waals surface area contributed by atoms with Crippen LogP contribution in [0.5, 0.6) is 5.75 Å². The van der Waals surface area contributed by atoms with Crippen LogP contribution in [0.3, 0.4) is 0 Å². The molecule has 0 saturated carbocycles. The Morgan fingerprint density at radius 1 is 1.10 bits per heavy atom. The van der Waals surface area contributed by atoms with Gasteiger partial charge in [0.2, 0.25) is 0 Å². The van der Waals surface area contributed by atoms with E-state index >= 15 is 0 Å². The van der Waals surface area contributed by atoms with E-state index < -0.39 is 4.92 Å². The maximum Gasteiger partial charge on any atom is 0.269 e. The number of nitro benzene ring substituents is 1. The Labute approximate surface area is 122 Å². The van der Waals surface area contributed by atoms with Crippen molar-refractivity contribution in [2.75, 3.05) is 6.61 Å². The second kappa shape index (κ2) is 6.65. The molecule has 108 valence electrons. The number of nitrogens with zero attached hydrogens (tertiary/aromatic N) is 1. The Hall–Kier alpha value is -2.69. The van der Waals surface area contributed by atoms with E-state index in [-0.39, 0.29) is 18.1 Å². The van der Waals surface area contributed by atoms with Gasteiger partial charge in [0.1, 0.15) is 5.75 Å². The average molecular weight is 285 g/mol. The lowest BCUT2D eigenvalue weighted by atomic mass is 10.1. The Morgan fingerprint density at radius 2 is 1.71 bits per heavy atom. The van der Waals surface area contributed by atoms with Crippen LogP contribution in [0.1, 0.15) is 22.8 Å². The molecule has 0 fully saturated rings. The molecule has 2 aromatic carbocycles. The molecule has 0 aliphatic rings. The highest BCUT2D eigenvalue weighted by Gasteiger charge is 2.08. The number of nitro groups is 1. The fraction of sp³-hybridized carbons (Fsp3) is 0.188. The first-order chi connectivity index (χ1) is 10.1. The van der Waals surface area contributed by atoms with Crippen molar-refractivity contribution in [2.24, 2.45) is 0 Å². The second-order valence-corrected chi connectivity index (χ2v) is 4.51. The van der Waals surface area contributed by atoms with Gasteiger partial charge in [-0.1, -0.05) is 31.2 Å². The van der Waals surface area contributed by atoms with Crippen LogP contribution in [0, 0.1) is 10.1 Å². The lowest BCUT2D eigenvalue weighted by Gasteiger charge is -2.06. The molecule has 0 saturated heterocycles. The van der Waals surface area contributed by atoms with Crippen LogP contribution in [0.25, 0.3) is 0 Å². The zero-order valence-corrected chi connectivity index (χ0v) is 11.6. The van der Waals surface area contributed by atoms with Crippen molar-refractivity contribution in [2.45, 2.75) is 13.3 Å². The molecule has 21 heavy (non-hydrogen) atoms. The molecule has 0 amide bonds. The van der Waals surface area contributed by atoms with Crippen LogP contribution < -0.4 is 4.74 Å². The Bertz CT molecular complexity index is 632. The molecule has 0 N–H and O–H groups in total. The number of aryl methyl sites for hydroxylation is 1. The fourth-order valence-electron chi connectivity index (χ4n) is 1.82. The number of non-ortho nitro benzene ring substituents is 1. The maximum atomic E-state index is 12.0. The van der Waals surface area contributed by atoms with Crippen molar-refractivity contribution < 1.29 is 14.5 Å². The maximum absolute atomic E-state index is 12.0. The molecule has 5 nitrogen and oxygen atoms in total. The van der Waals surface area contributed by atoms with Gasteiger partial charge in [0, 0.05) is 17.7 Å². The van der Waals surface area contributed by atoms with E-state index in [1.807, 2.05) is 12.1 Å². The van der Waals surface area contributed by atoms with Crippen molar-refractivity contribution in [1.82, 2.24) is 0 Å². The summed E-state index contributed by atoms with van der Waals surface area (Å²) in [6.07, 6.45) is 0.924. The van der Waals surface area contributed by atoms with Crippen LogP contribution in [0.2, 0.25) is 0 Å². The van der Waals surface area contributed by atoms with Gasteiger partial charge in [-0.2, -0.15) is 0 Å². The molecule has 2 rings (SSSR count). The van der Waals surface area contributed by atoms with Crippen molar-refractivity contribution in [3.8, 4) is 5.75 Å². The molecule has 5 heteroatoms. The van der Waals surface area contributed by atoms with E-state index in [0.29, 0.717) is 11.3 Å². The molecule has 0 spiro atoms. The summed E-state index contributed by atoms with van der Waals surface area (Å²) in [6.45, 7) is 1.96. The Kier molecular flexibility index (Phi) is 4.66. The molecule has 0 unspecified atom stereocenters. The number of rotatable bonds is 6. The van der Waals surface area contributed by atoms with Gasteiger partial charge in [-0.25, -0.2) is 0 Å². The number of Topliss-reactive ketones (excluding diaryl/α,β-unsaturated/α-hetero) is 1. The third-order valence-corrected chi connectivity index (χ3v) is 3.10.